The van der Waals surface area contributed by atoms with Crippen LogP contribution in [0.15, 0.2) is 54.7 Å². The molecule has 0 N–H and O–H groups in total. The summed E-state index contributed by atoms with van der Waals surface area (Å²) in [5.41, 5.74) is 2.23. The Bertz CT molecular complexity index is 865. The van der Waals surface area contributed by atoms with Crippen molar-refractivity contribution < 1.29 is 9.53 Å². The number of carbonyl (C=O) groups excluding carboxylic acids is 1. The molecule has 0 aliphatic heterocycles. The minimum absolute atomic E-state index is 0.0767. The summed E-state index contributed by atoms with van der Waals surface area (Å²) >= 11 is 0. The van der Waals surface area contributed by atoms with Gasteiger partial charge in [-0.05, 0) is 35.9 Å². The lowest BCUT2D eigenvalue weighted by Crippen LogP contribution is -2.06. The third-order valence-electron chi connectivity index (χ3n) is 4.24. The molecule has 0 fully saturated rings. The first-order chi connectivity index (χ1) is 11.7. The van der Waals surface area contributed by atoms with Crippen molar-refractivity contribution >= 4 is 16.6 Å². The Morgan fingerprint density at radius 3 is 2.75 bits per heavy atom. The zero-order valence-corrected chi connectivity index (χ0v) is 14.1. The van der Waals surface area contributed by atoms with Gasteiger partial charge in [-0.25, -0.2) is 0 Å². The molecule has 0 aliphatic carbocycles. The van der Waals surface area contributed by atoms with Gasteiger partial charge >= 0.3 is 0 Å². The van der Waals surface area contributed by atoms with Crippen molar-refractivity contribution in [1.29, 1.82) is 0 Å². The molecule has 3 rings (SSSR count). The van der Waals surface area contributed by atoms with Gasteiger partial charge in [0.05, 0.1) is 7.11 Å². The number of carbonyl (C=O) groups is 1. The minimum Gasteiger partial charge on any atom is -0.496 e. The molecule has 1 heterocycles. The monoisotopic (exact) mass is 319 g/mol. The lowest BCUT2D eigenvalue weighted by Gasteiger charge is -2.11. The molecule has 24 heavy (non-hydrogen) atoms. The Balaban J connectivity index is 2.00. The Morgan fingerprint density at radius 2 is 1.96 bits per heavy atom. The van der Waals surface area contributed by atoms with Crippen LogP contribution >= 0.6 is 0 Å². The number of pyridine rings is 1. The van der Waals surface area contributed by atoms with Crippen LogP contribution in [0, 0.1) is 0 Å². The fourth-order valence-electron chi connectivity index (χ4n) is 2.90. The highest BCUT2D eigenvalue weighted by molar-refractivity contribution is 6.15. The maximum absolute atomic E-state index is 12.9. The van der Waals surface area contributed by atoms with Gasteiger partial charge in [0.2, 0.25) is 5.78 Å². The molecule has 2 aromatic carbocycles. The zero-order valence-electron chi connectivity index (χ0n) is 14.1. The smallest absolute Gasteiger partial charge is 0.212 e. The van der Waals surface area contributed by atoms with E-state index in [1.54, 1.807) is 13.3 Å². The summed E-state index contributed by atoms with van der Waals surface area (Å²) in [7, 11) is 1.65. The predicted molar refractivity (Wildman–Crippen MR) is 96.8 cm³/mol. The quantitative estimate of drug-likeness (QED) is 0.612. The number of aromatic nitrogens is 1. The van der Waals surface area contributed by atoms with Crippen LogP contribution in [0.1, 0.15) is 41.4 Å². The Labute approximate surface area is 142 Å². The van der Waals surface area contributed by atoms with Crippen molar-refractivity contribution in [2.45, 2.75) is 26.2 Å². The molecule has 0 saturated heterocycles. The number of rotatable bonds is 6. The van der Waals surface area contributed by atoms with E-state index in [0.717, 1.165) is 41.3 Å². The molecule has 3 heteroatoms. The minimum atomic E-state index is -0.0767. The van der Waals surface area contributed by atoms with E-state index in [1.807, 2.05) is 48.5 Å². The first kappa shape index (κ1) is 16.2. The Kier molecular flexibility index (Phi) is 4.90. The van der Waals surface area contributed by atoms with Crippen molar-refractivity contribution in [3.8, 4) is 5.75 Å². The molecule has 3 nitrogen and oxygen atoms in total. The van der Waals surface area contributed by atoms with E-state index in [-0.39, 0.29) is 5.78 Å². The van der Waals surface area contributed by atoms with Crippen molar-refractivity contribution in [2.24, 2.45) is 0 Å². The number of benzene rings is 2. The molecular formula is C21H21NO2. The number of aryl methyl sites for hydroxylation is 1. The fourth-order valence-corrected chi connectivity index (χ4v) is 2.90. The van der Waals surface area contributed by atoms with Gasteiger partial charge in [-0.15, -0.1) is 0 Å². The second-order valence-corrected chi connectivity index (χ2v) is 5.84. The summed E-state index contributed by atoms with van der Waals surface area (Å²) in [5, 5.41) is 1.89. The van der Waals surface area contributed by atoms with Crippen LogP contribution < -0.4 is 4.74 Å². The van der Waals surface area contributed by atoms with Gasteiger partial charge in [-0.3, -0.25) is 9.78 Å². The number of nitrogens with zero attached hydrogens (tertiary/aromatic N) is 1. The highest BCUT2D eigenvalue weighted by Crippen LogP contribution is 2.25. The normalized spacial score (nSPS) is 10.8. The number of ether oxygens (including phenoxy) is 1. The van der Waals surface area contributed by atoms with Crippen LogP contribution in [0.25, 0.3) is 10.8 Å². The van der Waals surface area contributed by atoms with Crippen LogP contribution in [-0.4, -0.2) is 17.9 Å². The number of hydrogen-bond donors (Lipinski definition) is 0. The van der Waals surface area contributed by atoms with Crippen LogP contribution in [0.4, 0.5) is 0 Å². The predicted octanol–water partition coefficient (Wildman–Crippen LogP) is 4.82. The first-order valence-electron chi connectivity index (χ1n) is 8.30. The molecule has 0 saturated carbocycles. The molecule has 0 unspecified atom stereocenters. The SMILES string of the molecule is CCCCc1ccc(C(=O)c2nccc3ccccc23)cc1OC. The van der Waals surface area contributed by atoms with E-state index < -0.39 is 0 Å². The third-order valence-corrected chi connectivity index (χ3v) is 4.24. The maximum Gasteiger partial charge on any atom is 0.212 e. The van der Waals surface area contributed by atoms with Gasteiger partial charge in [0.1, 0.15) is 11.4 Å². The highest BCUT2D eigenvalue weighted by atomic mass is 16.5. The van der Waals surface area contributed by atoms with Crippen molar-refractivity contribution in [1.82, 2.24) is 4.98 Å². The summed E-state index contributed by atoms with van der Waals surface area (Å²) in [6.45, 7) is 2.16. The summed E-state index contributed by atoms with van der Waals surface area (Å²) in [6.07, 6.45) is 4.88. The Morgan fingerprint density at radius 1 is 1.12 bits per heavy atom. The molecule has 0 bridgehead atoms. The van der Waals surface area contributed by atoms with Crippen molar-refractivity contribution in [2.75, 3.05) is 7.11 Å². The zero-order chi connectivity index (χ0) is 16.9. The van der Waals surface area contributed by atoms with Crippen LogP contribution in [0.2, 0.25) is 0 Å². The standard InChI is InChI=1S/C21H21NO2/c1-3-4-7-16-10-11-17(14-19(16)24-2)21(23)20-18-9-6-5-8-15(18)12-13-22-20/h5-6,8-14H,3-4,7H2,1-2H3. The van der Waals surface area contributed by atoms with Gasteiger partial charge in [-0.1, -0.05) is 49.7 Å². The molecule has 0 aliphatic rings. The number of methoxy groups -OCH3 is 1. The summed E-state index contributed by atoms with van der Waals surface area (Å²) in [4.78, 5) is 17.3. The number of hydrogen-bond acceptors (Lipinski definition) is 3. The second kappa shape index (κ2) is 7.26. The number of unbranched alkanes of at least 4 members (excludes halogenated alkanes) is 1. The summed E-state index contributed by atoms with van der Waals surface area (Å²) in [6, 6.07) is 15.4. The highest BCUT2D eigenvalue weighted by Gasteiger charge is 2.16. The molecular weight excluding hydrogens is 298 g/mol. The largest absolute Gasteiger partial charge is 0.496 e. The van der Waals surface area contributed by atoms with Crippen molar-refractivity contribution in [3.05, 3.63) is 71.5 Å². The molecule has 0 atom stereocenters. The van der Waals surface area contributed by atoms with Gasteiger partial charge < -0.3 is 4.74 Å². The molecule has 122 valence electrons. The lowest BCUT2D eigenvalue weighted by molar-refractivity contribution is 0.103. The van der Waals surface area contributed by atoms with Gasteiger partial charge in [0, 0.05) is 17.1 Å². The van der Waals surface area contributed by atoms with Gasteiger partial charge in [0.15, 0.2) is 0 Å². The van der Waals surface area contributed by atoms with E-state index >= 15 is 0 Å². The van der Waals surface area contributed by atoms with E-state index in [1.165, 1.54) is 0 Å². The molecule has 3 aromatic rings. The second-order valence-electron chi connectivity index (χ2n) is 5.84. The number of ketones is 1. The first-order valence-corrected chi connectivity index (χ1v) is 8.30. The summed E-state index contributed by atoms with van der Waals surface area (Å²) in [5.74, 6) is 0.696. The topological polar surface area (TPSA) is 39.2 Å². The number of fused-ring (bicyclic) bond motifs is 1. The van der Waals surface area contributed by atoms with Gasteiger partial charge in [0.25, 0.3) is 0 Å². The Hall–Kier alpha value is -2.68. The van der Waals surface area contributed by atoms with E-state index in [9.17, 15) is 4.79 Å². The average Bonchev–Trinajstić information content (AvgIpc) is 2.65. The molecule has 0 amide bonds. The van der Waals surface area contributed by atoms with Gasteiger partial charge in [-0.2, -0.15) is 0 Å². The van der Waals surface area contributed by atoms with Crippen LogP contribution in [0.3, 0.4) is 0 Å². The van der Waals surface area contributed by atoms with Crippen LogP contribution in [-0.2, 0) is 6.42 Å². The molecule has 0 radical (unpaired) electrons. The van der Waals surface area contributed by atoms with E-state index in [4.69, 9.17) is 4.74 Å². The fraction of sp³-hybridized carbons (Fsp3) is 0.238. The van der Waals surface area contributed by atoms with E-state index in [0.29, 0.717) is 11.3 Å². The summed E-state index contributed by atoms with van der Waals surface area (Å²) < 4.78 is 5.48. The molecule has 1 aromatic heterocycles. The van der Waals surface area contributed by atoms with Crippen molar-refractivity contribution in [3.63, 3.8) is 0 Å². The maximum atomic E-state index is 12.9. The van der Waals surface area contributed by atoms with E-state index in [2.05, 4.69) is 11.9 Å². The molecule has 0 spiro atoms. The lowest BCUT2D eigenvalue weighted by atomic mass is 9.99. The van der Waals surface area contributed by atoms with Crippen LogP contribution in [0.5, 0.6) is 5.75 Å². The average molecular weight is 319 g/mol. The third kappa shape index (κ3) is 3.16.